The molecule has 0 aromatic heterocycles. The summed E-state index contributed by atoms with van der Waals surface area (Å²) in [4.78, 5) is 11.9. The first kappa shape index (κ1) is 21.5. The van der Waals surface area contributed by atoms with Gasteiger partial charge < -0.3 is 23.4 Å². The van der Waals surface area contributed by atoms with Gasteiger partial charge in [0.15, 0.2) is 0 Å². The molecule has 0 saturated heterocycles. The lowest BCUT2D eigenvalue weighted by atomic mass is 10.1. The molecule has 0 heterocycles. The monoisotopic (exact) mass is 428 g/mol. The molecule has 0 aliphatic rings. The highest BCUT2D eigenvalue weighted by Gasteiger charge is 2.03. The first-order chi connectivity index (χ1) is 13.0. The van der Waals surface area contributed by atoms with Crippen molar-refractivity contribution in [3.63, 3.8) is 0 Å². The van der Waals surface area contributed by atoms with Gasteiger partial charge >= 0.3 is 0 Å². The van der Waals surface area contributed by atoms with E-state index in [2.05, 4.69) is 19.2 Å². The summed E-state index contributed by atoms with van der Waals surface area (Å²) in [5.41, 5.74) is 2.41. The second-order valence-electron chi connectivity index (χ2n) is 5.55. The van der Waals surface area contributed by atoms with Crippen molar-refractivity contribution in [3.8, 4) is 0 Å². The zero-order valence-electron chi connectivity index (χ0n) is 14.7. The van der Waals surface area contributed by atoms with Gasteiger partial charge in [-0.2, -0.15) is 0 Å². The Hall–Kier alpha value is -1.80. The fourth-order valence-corrected chi connectivity index (χ4v) is 2.87. The van der Waals surface area contributed by atoms with Crippen LogP contribution in [0.25, 0.3) is 0 Å². The van der Waals surface area contributed by atoms with E-state index in [-0.39, 0.29) is 5.91 Å². The van der Waals surface area contributed by atoms with Crippen molar-refractivity contribution < 1.29 is 13.2 Å². The Kier molecular flexibility index (Phi) is 8.87. The summed E-state index contributed by atoms with van der Waals surface area (Å²) in [5.74, 6) is -0.0276. The Balaban J connectivity index is 1.68. The summed E-state index contributed by atoms with van der Waals surface area (Å²) in [7, 11) is -0.350. The van der Waals surface area contributed by atoms with E-state index in [1.165, 1.54) is 7.11 Å². The van der Waals surface area contributed by atoms with Crippen LogP contribution in [0.5, 0.6) is 0 Å². The van der Waals surface area contributed by atoms with Gasteiger partial charge in [0.2, 0.25) is 5.91 Å². The number of carbonyl (C=O) groups excluding carboxylic acids is 1. The van der Waals surface area contributed by atoms with Crippen LogP contribution in [0.2, 0.25) is 10.0 Å². The molecule has 0 fully saturated rings. The van der Waals surface area contributed by atoms with Gasteiger partial charge in [-0.1, -0.05) is 46.2 Å². The minimum absolute atomic E-state index is 0.0276. The lowest BCUT2D eigenvalue weighted by Gasteiger charge is -2.09. The summed E-state index contributed by atoms with van der Waals surface area (Å²) in [6.07, 6.45) is 0.993. The first-order valence-electron chi connectivity index (χ1n) is 8.20. The Labute approximate surface area is 170 Å². The number of rotatable bonds is 9. The highest BCUT2D eigenvalue weighted by atomic mass is 35.5. The molecular weight excluding hydrogens is 409 g/mol. The van der Waals surface area contributed by atoms with Crippen LogP contribution in [0.4, 0.5) is 11.4 Å². The number of anilines is 1. The SMILES string of the molecule is CO[S-](=O)=Nc1ccc(CCC(=O)NCCNc2ccc(Cl)c(Cl)c2)cc1. The number of nitrogens with zero attached hydrogens (tertiary/aromatic N) is 1. The molecule has 0 aliphatic heterocycles. The number of benzene rings is 2. The molecule has 6 nitrogen and oxygen atoms in total. The summed E-state index contributed by atoms with van der Waals surface area (Å²) in [6.45, 7) is 1.08. The summed E-state index contributed by atoms with van der Waals surface area (Å²) in [5, 5.41) is 7.01. The van der Waals surface area contributed by atoms with Crippen LogP contribution >= 0.6 is 23.2 Å². The second kappa shape index (κ2) is 11.1. The average Bonchev–Trinajstić information content (AvgIpc) is 2.67. The highest BCUT2D eigenvalue weighted by molar-refractivity contribution is 7.69. The number of aryl methyl sites for hydroxylation is 1. The number of nitrogens with one attached hydrogen (secondary N) is 2. The van der Waals surface area contributed by atoms with Crippen LogP contribution in [-0.4, -0.2) is 26.1 Å². The number of carbonyl (C=O) groups is 1. The van der Waals surface area contributed by atoms with E-state index in [9.17, 15) is 9.00 Å². The van der Waals surface area contributed by atoms with Crippen molar-refractivity contribution in [1.29, 1.82) is 0 Å². The molecule has 27 heavy (non-hydrogen) atoms. The number of hydrogen-bond acceptors (Lipinski definition) is 6. The zero-order chi connectivity index (χ0) is 19.6. The lowest BCUT2D eigenvalue weighted by molar-refractivity contribution is -0.120. The molecule has 0 atom stereocenters. The third kappa shape index (κ3) is 7.76. The molecule has 2 rings (SSSR count). The minimum atomic E-state index is -1.68. The molecule has 146 valence electrons. The van der Waals surface area contributed by atoms with Gasteiger partial charge in [0.1, 0.15) is 0 Å². The van der Waals surface area contributed by atoms with Crippen LogP contribution in [-0.2, 0) is 30.5 Å². The van der Waals surface area contributed by atoms with Crippen LogP contribution < -0.4 is 10.6 Å². The van der Waals surface area contributed by atoms with Crippen molar-refractivity contribution in [2.75, 3.05) is 25.5 Å². The van der Waals surface area contributed by atoms with Crippen molar-refractivity contribution >= 4 is 51.4 Å². The van der Waals surface area contributed by atoms with E-state index >= 15 is 0 Å². The number of amides is 1. The maximum Gasteiger partial charge on any atom is 0.220 e. The fourth-order valence-electron chi connectivity index (χ4n) is 2.21. The molecule has 1 amide bonds. The van der Waals surface area contributed by atoms with Gasteiger partial charge in [-0.3, -0.25) is 4.79 Å². The molecule has 2 N–H and O–H groups in total. The number of halogens is 2. The van der Waals surface area contributed by atoms with Crippen LogP contribution in [0.3, 0.4) is 0 Å². The van der Waals surface area contributed by atoms with E-state index in [4.69, 9.17) is 23.2 Å². The van der Waals surface area contributed by atoms with E-state index in [0.29, 0.717) is 41.7 Å². The van der Waals surface area contributed by atoms with Gasteiger partial charge in [-0.05, 0) is 42.3 Å². The predicted molar refractivity (Wildman–Crippen MR) is 110 cm³/mol. The van der Waals surface area contributed by atoms with Crippen molar-refractivity contribution in [1.82, 2.24) is 5.32 Å². The molecule has 0 unspecified atom stereocenters. The maximum atomic E-state index is 11.9. The summed E-state index contributed by atoms with van der Waals surface area (Å²) < 4.78 is 19.6. The van der Waals surface area contributed by atoms with Crippen molar-refractivity contribution in [2.24, 2.45) is 4.36 Å². The maximum absolute atomic E-state index is 11.9. The molecule has 0 aliphatic carbocycles. The standard InChI is InChI=1S/C18H20Cl2N3O3S/c1-26-27(25)23-14-5-2-13(3-6-14)4-9-18(24)22-11-10-21-15-7-8-16(19)17(20)12-15/h2-3,5-8,12,21H,4,9-11H2,1H3,(H,22,24)/q-1. The highest BCUT2D eigenvalue weighted by Crippen LogP contribution is 2.24. The molecule has 0 spiro atoms. The van der Waals surface area contributed by atoms with Crippen LogP contribution in [0, 0.1) is 0 Å². The summed E-state index contributed by atoms with van der Waals surface area (Å²) >= 11 is 11.8. The molecule has 9 heteroatoms. The quantitative estimate of drug-likeness (QED) is 0.455. The van der Waals surface area contributed by atoms with Crippen molar-refractivity contribution in [2.45, 2.75) is 12.8 Å². The topological polar surface area (TPSA) is 79.8 Å². The molecule has 0 bridgehead atoms. The average molecular weight is 429 g/mol. The van der Waals surface area contributed by atoms with Gasteiger partial charge in [-0.25, -0.2) is 0 Å². The lowest BCUT2D eigenvalue weighted by Crippen LogP contribution is -2.28. The Morgan fingerprint density at radius 3 is 2.52 bits per heavy atom. The molecular formula is C18H20Cl2N3O3S-. The number of hydrogen-bond donors (Lipinski definition) is 2. The first-order valence-corrected chi connectivity index (χ1v) is 9.99. The fraction of sp³-hybridized carbons (Fsp3) is 0.278. The summed E-state index contributed by atoms with van der Waals surface area (Å²) in [6, 6.07) is 12.5. The van der Waals surface area contributed by atoms with Gasteiger partial charge in [0, 0.05) is 38.0 Å². The van der Waals surface area contributed by atoms with Gasteiger partial charge in [0.05, 0.1) is 10.0 Å². The molecule has 0 saturated carbocycles. The minimum Gasteiger partial charge on any atom is -0.441 e. The van der Waals surface area contributed by atoms with Gasteiger partial charge in [-0.15, -0.1) is 0 Å². The Bertz CT molecular complexity index is 853. The second-order valence-corrected chi connectivity index (χ2v) is 7.31. The van der Waals surface area contributed by atoms with Crippen LogP contribution in [0.15, 0.2) is 46.8 Å². The predicted octanol–water partition coefficient (Wildman–Crippen LogP) is 4.49. The third-order valence-electron chi connectivity index (χ3n) is 3.60. The molecule has 0 radical (unpaired) electrons. The van der Waals surface area contributed by atoms with E-state index in [1.54, 1.807) is 24.3 Å². The van der Waals surface area contributed by atoms with Gasteiger partial charge in [0.25, 0.3) is 0 Å². The Morgan fingerprint density at radius 2 is 1.85 bits per heavy atom. The van der Waals surface area contributed by atoms with E-state index in [1.807, 2.05) is 18.2 Å². The zero-order valence-corrected chi connectivity index (χ0v) is 17.0. The normalized spacial score (nSPS) is 12.0. The van der Waals surface area contributed by atoms with E-state index in [0.717, 1.165) is 11.3 Å². The smallest absolute Gasteiger partial charge is 0.220 e. The van der Waals surface area contributed by atoms with Crippen molar-refractivity contribution in [3.05, 3.63) is 58.1 Å². The molecule has 2 aromatic carbocycles. The van der Waals surface area contributed by atoms with E-state index < -0.39 is 10.9 Å². The largest absolute Gasteiger partial charge is 0.441 e. The third-order valence-corrected chi connectivity index (χ3v) is 4.98. The Morgan fingerprint density at radius 1 is 1.11 bits per heavy atom. The van der Waals surface area contributed by atoms with Crippen LogP contribution in [0.1, 0.15) is 12.0 Å². The molecule has 2 aromatic rings.